The molecule has 3 heterocycles. The number of carbonyl (C=O) groups is 1. The zero-order valence-electron chi connectivity index (χ0n) is 20.6. The summed E-state index contributed by atoms with van der Waals surface area (Å²) in [4.78, 5) is 18.4. The van der Waals surface area contributed by atoms with Crippen molar-refractivity contribution in [1.29, 1.82) is 5.26 Å². The predicted molar refractivity (Wildman–Crippen MR) is 135 cm³/mol. The van der Waals surface area contributed by atoms with E-state index in [0.29, 0.717) is 38.1 Å². The number of halogens is 3. The highest BCUT2D eigenvalue weighted by Crippen LogP contribution is 2.40. The van der Waals surface area contributed by atoms with Crippen molar-refractivity contribution in [3.63, 3.8) is 0 Å². The Morgan fingerprint density at radius 1 is 1.21 bits per heavy atom. The molecule has 1 aliphatic rings. The summed E-state index contributed by atoms with van der Waals surface area (Å²) < 4.78 is 53.1. The van der Waals surface area contributed by atoms with Crippen molar-refractivity contribution in [3.05, 3.63) is 57.7 Å². The van der Waals surface area contributed by atoms with Crippen LogP contribution in [0.5, 0.6) is 11.5 Å². The molecule has 0 aliphatic heterocycles. The Labute approximate surface area is 219 Å². The van der Waals surface area contributed by atoms with Crippen LogP contribution in [0.2, 0.25) is 0 Å². The number of nitrogens with one attached hydrogen (secondary N) is 1. The Bertz CT molecular complexity index is 1600. The molecule has 1 aliphatic carbocycles. The van der Waals surface area contributed by atoms with Gasteiger partial charge in [0.15, 0.2) is 28.5 Å². The zero-order valence-corrected chi connectivity index (χ0v) is 21.5. The number of amides is 1. The fourth-order valence-corrected chi connectivity index (χ4v) is 5.91. The third-order valence-corrected chi connectivity index (χ3v) is 7.65. The number of hydrogen-bond acceptors (Lipinski definition) is 7. The third-order valence-electron chi connectivity index (χ3n) is 6.48. The molecule has 1 atom stereocenters. The average Bonchev–Trinajstić information content (AvgIpc) is 3.47. The maximum absolute atomic E-state index is 14.0. The largest absolute Gasteiger partial charge is 0.493 e. The minimum absolute atomic E-state index is 0.0180. The van der Waals surface area contributed by atoms with Gasteiger partial charge in [-0.1, -0.05) is 6.92 Å². The van der Waals surface area contributed by atoms with Gasteiger partial charge in [-0.15, -0.1) is 11.3 Å². The summed E-state index contributed by atoms with van der Waals surface area (Å²) in [5, 5.41) is 16.7. The van der Waals surface area contributed by atoms with Gasteiger partial charge < -0.3 is 14.8 Å². The minimum atomic E-state index is -4.77. The van der Waals surface area contributed by atoms with Crippen LogP contribution in [0, 0.1) is 17.2 Å². The van der Waals surface area contributed by atoms with E-state index in [1.165, 1.54) is 37.7 Å². The molecule has 38 heavy (non-hydrogen) atoms. The molecule has 0 spiro atoms. The number of fused-ring (bicyclic) bond motifs is 2. The molecular formula is C26H22F3N5O3S. The number of ether oxygens (including phenoxy) is 2. The highest BCUT2D eigenvalue weighted by Gasteiger charge is 2.36. The first-order valence-electron chi connectivity index (χ1n) is 11.7. The van der Waals surface area contributed by atoms with Gasteiger partial charge >= 0.3 is 6.18 Å². The summed E-state index contributed by atoms with van der Waals surface area (Å²) in [6.07, 6.45) is -2.26. The van der Waals surface area contributed by atoms with Crippen LogP contribution in [-0.2, 0) is 19.0 Å². The fraction of sp³-hybridized carbons (Fsp3) is 0.308. The Hall–Kier alpha value is -4.11. The van der Waals surface area contributed by atoms with E-state index >= 15 is 0 Å². The third kappa shape index (κ3) is 4.54. The molecule has 0 bridgehead atoms. The lowest BCUT2D eigenvalue weighted by Gasteiger charge is -2.17. The molecule has 12 heteroatoms. The van der Waals surface area contributed by atoms with Gasteiger partial charge in [0.2, 0.25) is 0 Å². The van der Waals surface area contributed by atoms with E-state index in [1.807, 2.05) is 0 Å². The Morgan fingerprint density at radius 2 is 1.97 bits per heavy atom. The molecule has 1 aromatic carbocycles. The lowest BCUT2D eigenvalue weighted by atomic mass is 9.89. The van der Waals surface area contributed by atoms with E-state index in [1.54, 1.807) is 12.1 Å². The van der Waals surface area contributed by atoms with Crippen molar-refractivity contribution >= 4 is 27.9 Å². The molecule has 0 saturated carbocycles. The van der Waals surface area contributed by atoms with Crippen LogP contribution < -0.4 is 14.8 Å². The first-order valence-corrected chi connectivity index (χ1v) is 12.5. The molecule has 0 saturated heterocycles. The molecular weight excluding hydrogens is 519 g/mol. The smallest absolute Gasteiger partial charge is 0.433 e. The van der Waals surface area contributed by atoms with Gasteiger partial charge in [-0.25, -0.2) is 9.50 Å². The van der Waals surface area contributed by atoms with Gasteiger partial charge in [-0.05, 0) is 55.0 Å². The van der Waals surface area contributed by atoms with Gasteiger partial charge in [0.1, 0.15) is 11.1 Å². The monoisotopic (exact) mass is 541 g/mol. The number of hydrogen-bond donors (Lipinski definition) is 1. The van der Waals surface area contributed by atoms with E-state index in [0.717, 1.165) is 35.8 Å². The number of nitrogens with zero attached hydrogens (tertiary/aromatic N) is 4. The molecule has 0 radical (unpaired) electrons. The zero-order chi connectivity index (χ0) is 27.2. The number of rotatable bonds is 5. The summed E-state index contributed by atoms with van der Waals surface area (Å²) in [7, 11) is 2.87. The Kier molecular flexibility index (Phi) is 6.48. The lowest BCUT2D eigenvalue weighted by molar-refractivity contribution is -0.142. The van der Waals surface area contributed by atoms with E-state index in [2.05, 4.69) is 28.4 Å². The first-order chi connectivity index (χ1) is 18.1. The number of benzene rings is 1. The van der Waals surface area contributed by atoms with Crippen LogP contribution >= 0.6 is 11.3 Å². The number of methoxy groups -OCH3 is 2. The molecule has 8 nitrogen and oxygen atoms in total. The highest BCUT2D eigenvalue weighted by atomic mass is 32.1. The van der Waals surface area contributed by atoms with Gasteiger partial charge in [0.25, 0.3) is 5.91 Å². The van der Waals surface area contributed by atoms with E-state index < -0.39 is 17.8 Å². The second-order valence-corrected chi connectivity index (χ2v) is 10.1. The lowest BCUT2D eigenvalue weighted by Crippen LogP contribution is -2.15. The van der Waals surface area contributed by atoms with Crippen LogP contribution in [0.25, 0.3) is 16.9 Å². The number of nitriles is 1. The number of aromatic nitrogens is 3. The van der Waals surface area contributed by atoms with Crippen LogP contribution in [-0.4, -0.2) is 34.7 Å². The number of thiophene rings is 1. The Morgan fingerprint density at radius 3 is 2.66 bits per heavy atom. The summed E-state index contributed by atoms with van der Waals surface area (Å²) in [6.45, 7) is 2.13. The summed E-state index contributed by atoms with van der Waals surface area (Å²) in [5.74, 6) is 0.495. The second kappa shape index (κ2) is 9.64. The summed E-state index contributed by atoms with van der Waals surface area (Å²) in [5.41, 5.74) is 0.208. The van der Waals surface area contributed by atoms with Gasteiger partial charge in [-0.3, -0.25) is 4.79 Å². The number of anilines is 1. The number of alkyl halides is 3. The van der Waals surface area contributed by atoms with Crippen molar-refractivity contribution in [1.82, 2.24) is 14.6 Å². The predicted octanol–water partition coefficient (Wildman–Crippen LogP) is 5.74. The molecule has 1 amide bonds. The SMILES string of the molecule is COc1ccc(-c2cc(C(F)(F)F)n3nc(C(=O)Nc4sc5c(c4C#N)CC[C@H](C)C5)cc3n2)cc1OC. The standard InChI is InChI=1S/C26H22F3N5O3S/c1-13-4-6-15-16(12-30)25(38-21(15)8-13)32-24(35)18-11-23-31-17(10-22(26(27,28)29)34(23)33-18)14-5-7-19(36-2)20(9-14)37-3/h5,7,9-11,13H,4,6,8H2,1-3H3,(H,32,35)/t13-/m0/s1. The second-order valence-electron chi connectivity index (χ2n) is 9.02. The highest BCUT2D eigenvalue weighted by molar-refractivity contribution is 7.16. The first kappa shape index (κ1) is 25.5. The molecule has 0 fully saturated rings. The van der Waals surface area contributed by atoms with Gasteiger partial charge in [0.05, 0.1) is 25.5 Å². The van der Waals surface area contributed by atoms with E-state index in [9.17, 15) is 23.2 Å². The van der Waals surface area contributed by atoms with Gasteiger partial charge in [0, 0.05) is 16.5 Å². The normalized spacial score (nSPS) is 15.1. The average molecular weight is 542 g/mol. The van der Waals surface area contributed by atoms with Crippen LogP contribution in [0.3, 0.4) is 0 Å². The maximum Gasteiger partial charge on any atom is 0.433 e. The van der Waals surface area contributed by atoms with Crippen molar-refractivity contribution in [3.8, 4) is 28.8 Å². The van der Waals surface area contributed by atoms with E-state index in [4.69, 9.17) is 9.47 Å². The van der Waals surface area contributed by atoms with Crippen LogP contribution in [0.1, 0.15) is 45.5 Å². The molecule has 1 N–H and O–H groups in total. The summed E-state index contributed by atoms with van der Waals surface area (Å²) in [6, 6.07) is 8.87. The maximum atomic E-state index is 14.0. The molecule has 196 valence electrons. The molecule has 0 unspecified atom stereocenters. The molecule has 5 rings (SSSR count). The minimum Gasteiger partial charge on any atom is -0.493 e. The van der Waals surface area contributed by atoms with Crippen LogP contribution in [0.15, 0.2) is 30.3 Å². The van der Waals surface area contributed by atoms with Crippen molar-refractivity contribution in [2.45, 2.75) is 32.4 Å². The fourth-order valence-electron chi connectivity index (χ4n) is 4.56. The van der Waals surface area contributed by atoms with E-state index in [-0.39, 0.29) is 17.0 Å². The van der Waals surface area contributed by atoms with Crippen molar-refractivity contribution < 1.29 is 27.4 Å². The quantitative estimate of drug-likeness (QED) is 0.346. The number of carbonyl (C=O) groups excluding carboxylic acids is 1. The molecule has 4 aromatic rings. The van der Waals surface area contributed by atoms with Gasteiger partial charge in [-0.2, -0.15) is 23.5 Å². The Balaban J connectivity index is 1.54. The summed E-state index contributed by atoms with van der Waals surface area (Å²) >= 11 is 1.33. The molecule has 3 aromatic heterocycles. The van der Waals surface area contributed by atoms with Crippen molar-refractivity contribution in [2.24, 2.45) is 5.92 Å². The van der Waals surface area contributed by atoms with Crippen LogP contribution in [0.4, 0.5) is 18.2 Å². The van der Waals surface area contributed by atoms with Crippen molar-refractivity contribution in [2.75, 3.05) is 19.5 Å². The topological polar surface area (TPSA) is 102 Å².